The van der Waals surface area contributed by atoms with E-state index in [-0.39, 0.29) is 17.6 Å². The monoisotopic (exact) mass is 343 g/mol. The number of carbonyl (C=O) groups excluding carboxylic acids is 1. The van der Waals surface area contributed by atoms with E-state index >= 15 is 0 Å². The lowest BCUT2D eigenvalue weighted by atomic mass is 9.81. The maximum absolute atomic E-state index is 13.0. The summed E-state index contributed by atoms with van der Waals surface area (Å²) in [5.74, 6) is 0.867. The van der Waals surface area contributed by atoms with Gasteiger partial charge in [-0.25, -0.2) is 0 Å². The predicted octanol–water partition coefficient (Wildman–Crippen LogP) is 3.54. The third-order valence-corrected chi connectivity index (χ3v) is 5.67. The zero-order valence-electron chi connectivity index (χ0n) is 14.9. The van der Waals surface area contributed by atoms with Crippen LogP contribution in [0, 0.1) is 6.92 Å². The zero-order valence-corrected chi connectivity index (χ0v) is 14.9. The number of fused-ring (bicyclic) bond motifs is 1. The van der Waals surface area contributed by atoms with Crippen LogP contribution < -0.4 is 0 Å². The standard InChI is InChI=1S/C20H25NO4/c1-14-13-15-5-3-6-16(18(15)25-14)19(22)21-10-8-20(9-11-21)17(23-2)7-4-12-24-20/h3,5-6,13,17H,4,7-12H2,1-2H3/t17-/m1/s1. The quantitative estimate of drug-likeness (QED) is 0.837. The SMILES string of the molecule is CO[C@@H]1CCCOC12CCN(C(=O)c1cccc3cc(C)oc13)CC2. The Kier molecular flexibility index (Phi) is 4.29. The molecule has 1 aromatic carbocycles. The number of hydrogen-bond acceptors (Lipinski definition) is 4. The van der Waals surface area contributed by atoms with Gasteiger partial charge >= 0.3 is 0 Å². The first kappa shape index (κ1) is 16.6. The van der Waals surface area contributed by atoms with Crippen LogP contribution in [0.2, 0.25) is 0 Å². The summed E-state index contributed by atoms with van der Waals surface area (Å²) in [6, 6.07) is 7.72. The first-order valence-corrected chi connectivity index (χ1v) is 9.08. The van der Waals surface area contributed by atoms with Gasteiger partial charge in [-0.1, -0.05) is 12.1 Å². The van der Waals surface area contributed by atoms with Crippen molar-refractivity contribution in [1.29, 1.82) is 0 Å². The fourth-order valence-corrected chi connectivity index (χ4v) is 4.32. The van der Waals surface area contributed by atoms with Crippen LogP contribution in [-0.2, 0) is 9.47 Å². The Morgan fingerprint density at radius 1 is 1.32 bits per heavy atom. The molecular formula is C20H25NO4. The first-order chi connectivity index (χ1) is 12.1. The summed E-state index contributed by atoms with van der Waals surface area (Å²) in [7, 11) is 1.76. The maximum atomic E-state index is 13.0. The molecule has 25 heavy (non-hydrogen) atoms. The Morgan fingerprint density at radius 2 is 2.12 bits per heavy atom. The highest BCUT2D eigenvalue weighted by molar-refractivity contribution is 6.05. The van der Waals surface area contributed by atoms with E-state index in [1.54, 1.807) is 7.11 Å². The molecule has 1 aromatic heterocycles. The van der Waals surface area contributed by atoms with Crippen molar-refractivity contribution in [3.8, 4) is 0 Å². The van der Waals surface area contributed by atoms with Gasteiger partial charge in [-0.3, -0.25) is 4.79 Å². The average molecular weight is 343 g/mol. The summed E-state index contributed by atoms with van der Waals surface area (Å²) in [5, 5.41) is 0.979. The number of rotatable bonds is 2. The number of amides is 1. The van der Waals surface area contributed by atoms with Gasteiger partial charge in [-0.15, -0.1) is 0 Å². The Hall–Kier alpha value is -1.85. The molecule has 2 aliphatic rings. The lowest BCUT2D eigenvalue weighted by Crippen LogP contribution is -2.56. The van der Waals surface area contributed by atoms with Gasteiger partial charge in [0.2, 0.25) is 0 Å². The molecular weight excluding hydrogens is 318 g/mol. The second kappa shape index (κ2) is 6.46. The second-order valence-corrected chi connectivity index (χ2v) is 7.15. The topological polar surface area (TPSA) is 51.9 Å². The minimum absolute atomic E-state index is 0.0413. The Morgan fingerprint density at radius 3 is 2.88 bits per heavy atom. The number of methoxy groups -OCH3 is 1. The third-order valence-electron chi connectivity index (χ3n) is 5.67. The van der Waals surface area contributed by atoms with Crippen LogP contribution in [0.15, 0.2) is 28.7 Å². The van der Waals surface area contributed by atoms with E-state index in [1.807, 2.05) is 36.1 Å². The summed E-state index contributed by atoms with van der Waals surface area (Å²) in [4.78, 5) is 15.0. The molecule has 5 nitrogen and oxygen atoms in total. The van der Waals surface area contributed by atoms with Crippen molar-refractivity contribution in [2.75, 3.05) is 26.8 Å². The van der Waals surface area contributed by atoms with Crippen molar-refractivity contribution in [2.45, 2.75) is 44.3 Å². The normalized spacial score (nSPS) is 23.3. The summed E-state index contributed by atoms with van der Waals surface area (Å²) in [5.41, 5.74) is 1.11. The number of piperidine rings is 1. The van der Waals surface area contributed by atoms with Crippen LogP contribution in [0.1, 0.15) is 41.8 Å². The molecule has 134 valence electrons. The van der Waals surface area contributed by atoms with Crippen LogP contribution in [0.5, 0.6) is 0 Å². The molecule has 5 heteroatoms. The van der Waals surface area contributed by atoms with Crippen LogP contribution in [0.25, 0.3) is 11.0 Å². The fourth-order valence-electron chi connectivity index (χ4n) is 4.32. The Bertz CT molecular complexity index is 773. The number of nitrogens with zero attached hydrogens (tertiary/aromatic N) is 1. The number of aryl methyl sites for hydroxylation is 1. The zero-order chi connectivity index (χ0) is 17.4. The van der Waals surface area contributed by atoms with Crippen molar-refractivity contribution in [3.05, 3.63) is 35.6 Å². The number of para-hydroxylation sites is 1. The third kappa shape index (κ3) is 2.85. The molecule has 1 amide bonds. The van der Waals surface area contributed by atoms with Gasteiger partial charge in [0, 0.05) is 32.2 Å². The minimum Gasteiger partial charge on any atom is -0.461 e. The molecule has 0 bridgehead atoms. The summed E-state index contributed by atoms with van der Waals surface area (Å²) in [6.07, 6.45) is 3.86. The predicted molar refractivity (Wildman–Crippen MR) is 94.8 cm³/mol. The molecule has 2 aromatic rings. The fraction of sp³-hybridized carbons (Fsp3) is 0.550. The lowest BCUT2D eigenvalue weighted by Gasteiger charge is -2.48. The summed E-state index contributed by atoms with van der Waals surface area (Å²) >= 11 is 0. The lowest BCUT2D eigenvalue weighted by molar-refractivity contribution is -0.183. The highest BCUT2D eigenvalue weighted by atomic mass is 16.5. The molecule has 0 unspecified atom stereocenters. The van der Waals surface area contributed by atoms with E-state index in [0.29, 0.717) is 24.2 Å². The molecule has 1 atom stereocenters. The van der Waals surface area contributed by atoms with Crippen LogP contribution >= 0.6 is 0 Å². The van der Waals surface area contributed by atoms with Gasteiger partial charge in [-0.05, 0) is 44.7 Å². The van der Waals surface area contributed by atoms with Crippen molar-refractivity contribution in [3.63, 3.8) is 0 Å². The van der Waals surface area contributed by atoms with Gasteiger partial charge in [-0.2, -0.15) is 0 Å². The van der Waals surface area contributed by atoms with Crippen molar-refractivity contribution in [1.82, 2.24) is 4.90 Å². The summed E-state index contributed by atoms with van der Waals surface area (Å²) < 4.78 is 17.6. The van der Waals surface area contributed by atoms with Crippen LogP contribution in [0.3, 0.4) is 0 Å². The van der Waals surface area contributed by atoms with Crippen molar-refractivity contribution < 1.29 is 18.7 Å². The van der Waals surface area contributed by atoms with Crippen molar-refractivity contribution >= 4 is 16.9 Å². The van der Waals surface area contributed by atoms with Gasteiger partial charge in [0.1, 0.15) is 11.3 Å². The highest BCUT2D eigenvalue weighted by Gasteiger charge is 2.45. The molecule has 2 aliphatic heterocycles. The van der Waals surface area contributed by atoms with E-state index in [9.17, 15) is 4.79 Å². The maximum Gasteiger partial charge on any atom is 0.257 e. The van der Waals surface area contributed by atoms with Gasteiger partial charge in [0.05, 0.1) is 17.3 Å². The van der Waals surface area contributed by atoms with Gasteiger partial charge in [0.15, 0.2) is 0 Å². The molecule has 4 rings (SSSR count). The second-order valence-electron chi connectivity index (χ2n) is 7.15. The number of carbonyl (C=O) groups is 1. The minimum atomic E-state index is -0.225. The molecule has 0 aliphatic carbocycles. The molecule has 2 fully saturated rings. The molecule has 0 N–H and O–H groups in total. The smallest absolute Gasteiger partial charge is 0.257 e. The number of ether oxygens (including phenoxy) is 2. The van der Waals surface area contributed by atoms with E-state index in [4.69, 9.17) is 13.9 Å². The molecule has 0 saturated carbocycles. The van der Waals surface area contributed by atoms with E-state index in [2.05, 4.69) is 0 Å². The number of furan rings is 1. The van der Waals surface area contributed by atoms with Crippen LogP contribution in [0.4, 0.5) is 0 Å². The van der Waals surface area contributed by atoms with E-state index in [1.165, 1.54) is 0 Å². The highest BCUT2D eigenvalue weighted by Crippen LogP contribution is 2.37. The molecule has 2 saturated heterocycles. The number of benzene rings is 1. The molecule has 1 spiro atoms. The largest absolute Gasteiger partial charge is 0.461 e. The van der Waals surface area contributed by atoms with Gasteiger partial charge in [0.25, 0.3) is 5.91 Å². The number of hydrogen-bond donors (Lipinski definition) is 0. The average Bonchev–Trinajstić information content (AvgIpc) is 3.02. The molecule has 0 radical (unpaired) electrons. The van der Waals surface area contributed by atoms with Gasteiger partial charge < -0.3 is 18.8 Å². The Labute approximate surface area is 147 Å². The van der Waals surface area contributed by atoms with Crippen LogP contribution in [-0.4, -0.2) is 49.3 Å². The van der Waals surface area contributed by atoms with Crippen molar-refractivity contribution in [2.24, 2.45) is 0 Å². The Balaban J connectivity index is 1.53. The van der Waals surface area contributed by atoms with E-state index < -0.39 is 0 Å². The first-order valence-electron chi connectivity index (χ1n) is 9.08. The van der Waals surface area contributed by atoms with E-state index in [0.717, 1.165) is 43.4 Å². The summed E-state index contributed by atoms with van der Waals surface area (Å²) in [6.45, 7) is 4.08. The molecule has 3 heterocycles. The number of likely N-dealkylation sites (tertiary alicyclic amines) is 1.